The Morgan fingerprint density at radius 1 is 1.05 bits per heavy atom. The van der Waals surface area contributed by atoms with Crippen molar-refractivity contribution in [3.63, 3.8) is 0 Å². The van der Waals surface area contributed by atoms with Crippen molar-refractivity contribution >= 4 is 5.69 Å². The number of aromatic nitrogens is 1. The molecule has 1 heterocycles. The van der Waals surface area contributed by atoms with Crippen LogP contribution in [0, 0.1) is 0 Å². The predicted molar refractivity (Wildman–Crippen MR) is 89.3 cm³/mol. The van der Waals surface area contributed by atoms with Crippen molar-refractivity contribution in [3.05, 3.63) is 59.9 Å². The van der Waals surface area contributed by atoms with Crippen LogP contribution in [0.25, 0.3) is 0 Å². The van der Waals surface area contributed by atoms with Crippen molar-refractivity contribution in [2.45, 2.75) is 33.4 Å². The molecule has 21 heavy (non-hydrogen) atoms. The lowest BCUT2D eigenvalue weighted by molar-refractivity contribution is 0.296. The number of pyridine rings is 1. The SMILES string of the molecule is CCN(CC)Cc1ccccc1NC(C)c1ccncc1. The first-order chi connectivity index (χ1) is 10.2. The summed E-state index contributed by atoms with van der Waals surface area (Å²) in [5.74, 6) is 0. The predicted octanol–water partition coefficient (Wildman–Crippen LogP) is 4.10. The Labute approximate surface area is 128 Å². The van der Waals surface area contributed by atoms with Gasteiger partial charge in [-0.3, -0.25) is 9.88 Å². The van der Waals surface area contributed by atoms with Crippen LogP contribution in [0.2, 0.25) is 0 Å². The summed E-state index contributed by atoms with van der Waals surface area (Å²) in [7, 11) is 0. The highest BCUT2D eigenvalue weighted by Crippen LogP contribution is 2.23. The van der Waals surface area contributed by atoms with E-state index in [2.05, 4.69) is 72.4 Å². The number of benzene rings is 1. The van der Waals surface area contributed by atoms with Crippen LogP contribution < -0.4 is 5.32 Å². The number of nitrogens with zero attached hydrogens (tertiary/aromatic N) is 2. The maximum atomic E-state index is 4.08. The highest BCUT2D eigenvalue weighted by molar-refractivity contribution is 5.52. The van der Waals surface area contributed by atoms with E-state index >= 15 is 0 Å². The van der Waals surface area contributed by atoms with Gasteiger partial charge in [0, 0.05) is 30.7 Å². The van der Waals surface area contributed by atoms with E-state index in [1.807, 2.05) is 12.4 Å². The van der Waals surface area contributed by atoms with E-state index in [1.54, 1.807) is 0 Å². The highest BCUT2D eigenvalue weighted by Gasteiger charge is 2.09. The molecule has 0 amide bonds. The zero-order valence-electron chi connectivity index (χ0n) is 13.2. The molecular weight excluding hydrogens is 258 g/mol. The van der Waals surface area contributed by atoms with Gasteiger partial charge in [0.15, 0.2) is 0 Å². The summed E-state index contributed by atoms with van der Waals surface area (Å²) in [6, 6.07) is 13.0. The molecule has 1 N–H and O–H groups in total. The van der Waals surface area contributed by atoms with E-state index in [4.69, 9.17) is 0 Å². The monoisotopic (exact) mass is 283 g/mol. The van der Waals surface area contributed by atoms with Crippen molar-refractivity contribution in [2.24, 2.45) is 0 Å². The molecule has 0 radical (unpaired) electrons. The quantitative estimate of drug-likeness (QED) is 0.829. The summed E-state index contributed by atoms with van der Waals surface area (Å²) in [5.41, 5.74) is 3.82. The van der Waals surface area contributed by atoms with Crippen LogP contribution in [0.3, 0.4) is 0 Å². The molecule has 0 aliphatic heterocycles. The summed E-state index contributed by atoms with van der Waals surface area (Å²) in [5, 5.41) is 3.63. The second-order valence-electron chi connectivity index (χ2n) is 5.27. The Morgan fingerprint density at radius 2 is 1.71 bits per heavy atom. The largest absolute Gasteiger partial charge is 0.378 e. The Morgan fingerprint density at radius 3 is 2.38 bits per heavy atom. The number of para-hydroxylation sites is 1. The lowest BCUT2D eigenvalue weighted by Gasteiger charge is -2.22. The van der Waals surface area contributed by atoms with Gasteiger partial charge in [0.25, 0.3) is 0 Å². The van der Waals surface area contributed by atoms with Crippen molar-refractivity contribution in [1.29, 1.82) is 0 Å². The van der Waals surface area contributed by atoms with Crippen molar-refractivity contribution < 1.29 is 0 Å². The minimum Gasteiger partial charge on any atom is -0.378 e. The third-order valence-corrected chi connectivity index (χ3v) is 3.88. The van der Waals surface area contributed by atoms with Gasteiger partial charge in [0.2, 0.25) is 0 Å². The van der Waals surface area contributed by atoms with Crippen LogP contribution >= 0.6 is 0 Å². The summed E-state index contributed by atoms with van der Waals surface area (Å²) in [6.45, 7) is 9.73. The van der Waals surface area contributed by atoms with E-state index in [-0.39, 0.29) is 6.04 Å². The van der Waals surface area contributed by atoms with E-state index in [0.717, 1.165) is 19.6 Å². The van der Waals surface area contributed by atoms with Crippen molar-refractivity contribution in [1.82, 2.24) is 9.88 Å². The van der Waals surface area contributed by atoms with Gasteiger partial charge < -0.3 is 5.32 Å². The second-order valence-corrected chi connectivity index (χ2v) is 5.27. The average molecular weight is 283 g/mol. The van der Waals surface area contributed by atoms with Crippen LogP contribution in [0.5, 0.6) is 0 Å². The molecule has 3 nitrogen and oxygen atoms in total. The minimum atomic E-state index is 0.269. The molecule has 2 rings (SSSR count). The zero-order valence-corrected chi connectivity index (χ0v) is 13.2. The zero-order chi connectivity index (χ0) is 15.1. The van der Waals surface area contributed by atoms with Crippen LogP contribution in [-0.2, 0) is 6.54 Å². The molecule has 0 saturated carbocycles. The topological polar surface area (TPSA) is 28.2 Å². The number of hydrogen-bond donors (Lipinski definition) is 1. The second kappa shape index (κ2) is 7.79. The molecule has 0 saturated heterocycles. The molecule has 0 aliphatic rings. The number of nitrogens with one attached hydrogen (secondary N) is 1. The lowest BCUT2D eigenvalue weighted by Crippen LogP contribution is -2.23. The molecule has 2 aromatic rings. The van der Waals surface area contributed by atoms with Gasteiger partial charge in [-0.2, -0.15) is 0 Å². The fourth-order valence-corrected chi connectivity index (χ4v) is 2.46. The highest BCUT2D eigenvalue weighted by atomic mass is 15.1. The molecule has 1 aromatic carbocycles. The van der Waals surface area contributed by atoms with E-state index in [1.165, 1.54) is 16.8 Å². The van der Waals surface area contributed by atoms with Gasteiger partial charge in [-0.05, 0) is 49.3 Å². The Hall–Kier alpha value is -1.87. The van der Waals surface area contributed by atoms with Crippen molar-refractivity contribution in [3.8, 4) is 0 Å². The number of anilines is 1. The number of hydrogen-bond acceptors (Lipinski definition) is 3. The summed E-state index contributed by atoms with van der Waals surface area (Å²) >= 11 is 0. The lowest BCUT2D eigenvalue weighted by atomic mass is 10.1. The normalized spacial score (nSPS) is 12.4. The molecule has 0 spiro atoms. The standard InChI is InChI=1S/C18H25N3/c1-4-21(5-2)14-17-8-6-7-9-18(17)20-15(3)16-10-12-19-13-11-16/h6-13,15,20H,4-5,14H2,1-3H3. The van der Waals surface area contributed by atoms with Gasteiger partial charge in [-0.15, -0.1) is 0 Å². The van der Waals surface area contributed by atoms with E-state index in [0.29, 0.717) is 0 Å². The molecule has 3 heteroatoms. The average Bonchev–Trinajstić information content (AvgIpc) is 2.54. The molecule has 112 valence electrons. The third-order valence-electron chi connectivity index (χ3n) is 3.88. The van der Waals surface area contributed by atoms with Gasteiger partial charge in [-0.1, -0.05) is 32.0 Å². The first-order valence-corrected chi connectivity index (χ1v) is 7.71. The first kappa shape index (κ1) is 15.5. The molecule has 0 fully saturated rings. The maximum Gasteiger partial charge on any atom is 0.0486 e. The number of rotatable bonds is 7. The molecule has 1 aromatic heterocycles. The minimum absolute atomic E-state index is 0.269. The fraction of sp³-hybridized carbons (Fsp3) is 0.389. The van der Waals surface area contributed by atoms with Crippen LogP contribution in [0.1, 0.15) is 37.9 Å². The van der Waals surface area contributed by atoms with Crippen molar-refractivity contribution in [2.75, 3.05) is 18.4 Å². The Balaban J connectivity index is 2.13. The van der Waals surface area contributed by atoms with Gasteiger partial charge in [0.1, 0.15) is 0 Å². The first-order valence-electron chi connectivity index (χ1n) is 7.71. The van der Waals surface area contributed by atoms with Gasteiger partial charge in [0.05, 0.1) is 0 Å². The van der Waals surface area contributed by atoms with Crippen LogP contribution in [0.4, 0.5) is 5.69 Å². The molecule has 0 bridgehead atoms. The molecule has 1 unspecified atom stereocenters. The molecule has 0 aliphatic carbocycles. The maximum absolute atomic E-state index is 4.08. The van der Waals surface area contributed by atoms with Gasteiger partial charge >= 0.3 is 0 Å². The Kier molecular flexibility index (Phi) is 5.76. The molecule has 1 atom stereocenters. The van der Waals surface area contributed by atoms with E-state index in [9.17, 15) is 0 Å². The fourth-order valence-electron chi connectivity index (χ4n) is 2.46. The Bertz CT molecular complexity index is 535. The van der Waals surface area contributed by atoms with Crippen LogP contribution in [-0.4, -0.2) is 23.0 Å². The summed E-state index contributed by atoms with van der Waals surface area (Å²) < 4.78 is 0. The van der Waals surface area contributed by atoms with E-state index < -0.39 is 0 Å². The van der Waals surface area contributed by atoms with Crippen LogP contribution in [0.15, 0.2) is 48.8 Å². The summed E-state index contributed by atoms with van der Waals surface area (Å²) in [6.07, 6.45) is 3.69. The molecular formula is C18H25N3. The van der Waals surface area contributed by atoms with Gasteiger partial charge in [-0.25, -0.2) is 0 Å². The summed E-state index contributed by atoms with van der Waals surface area (Å²) in [4.78, 5) is 6.51. The third kappa shape index (κ3) is 4.30. The smallest absolute Gasteiger partial charge is 0.0486 e.